The number of benzene rings is 1. The Bertz CT molecular complexity index is 492. The molecule has 0 aromatic heterocycles. The van der Waals surface area contributed by atoms with Crippen LogP contribution in [0.2, 0.25) is 5.02 Å². The highest BCUT2D eigenvalue weighted by Gasteiger charge is 2.14. The molecule has 0 unspecified atom stereocenters. The second kappa shape index (κ2) is 6.90. The normalized spacial score (nSPS) is 14.8. The summed E-state index contributed by atoms with van der Waals surface area (Å²) in [5.74, 6) is 0.354. The molecule has 1 aromatic rings. The lowest BCUT2D eigenvalue weighted by Crippen LogP contribution is -2.47. The van der Waals surface area contributed by atoms with Crippen LogP contribution >= 0.6 is 23.8 Å². The lowest BCUT2D eigenvalue weighted by atomic mass is 10.1. The van der Waals surface area contributed by atoms with Crippen molar-refractivity contribution in [2.45, 2.75) is 26.2 Å². The number of hydrogen-bond donors (Lipinski definition) is 3. The van der Waals surface area contributed by atoms with Gasteiger partial charge in [-0.3, -0.25) is 5.41 Å². The predicted molar refractivity (Wildman–Crippen MR) is 88.7 cm³/mol. The molecule has 0 aliphatic carbocycles. The van der Waals surface area contributed by atoms with Crippen LogP contribution in [0.1, 0.15) is 24.8 Å². The van der Waals surface area contributed by atoms with Crippen LogP contribution in [0.25, 0.3) is 0 Å². The van der Waals surface area contributed by atoms with E-state index in [9.17, 15) is 0 Å². The third kappa shape index (κ3) is 3.84. The molecule has 0 saturated carbocycles. The van der Waals surface area contributed by atoms with E-state index in [1.54, 1.807) is 0 Å². The lowest BCUT2D eigenvalue weighted by Gasteiger charge is -2.29. The molecule has 1 heterocycles. The molecule has 2 rings (SSSR count). The molecule has 0 radical (unpaired) electrons. The van der Waals surface area contributed by atoms with Crippen molar-refractivity contribution in [1.82, 2.24) is 10.2 Å². The average Bonchev–Trinajstić information content (AvgIpc) is 2.44. The van der Waals surface area contributed by atoms with Crippen molar-refractivity contribution in [3.63, 3.8) is 0 Å². The largest absolute Gasteiger partial charge is 0.343 e. The fourth-order valence-corrected chi connectivity index (χ4v) is 2.71. The van der Waals surface area contributed by atoms with Gasteiger partial charge in [0.15, 0.2) is 11.1 Å². The number of thiocarbonyl (C=S) groups is 1. The maximum atomic E-state index is 8.04. The van der Waals surface area contributed by atoms with E-state index in [1.165, 1.54) is 6.42 Å². The fraction of sp³-hybridized carbons (Fsp3) is 0.429. The topological polar surface area (TPSA) is 51.1 Å². The Kier molecular flexibility index (Phi) is 5.20. The smallest absolute Gasteiger partial charge is 0.197 e. The third-order valence-corrected chi connectivity index (χ3v) is 3.88. The van der Waals surface area contributed by atoms with E-state index in [4.69, 9.17) is 29.2 Å². The van der Waals surface area contributed by atoms with Crippen LogP contribution < -0.4 is 10.6 Å². The van der Waals surface area contributed by atoms with Crippen LogP contribution in [0.4, 0.5) is 5.69 Å². The SMILES string of the molecule is Cc1cccc(Cl)c1NC(=S)NC(=N)N1CCCCC1. The molecule has 20 heavy (non-hydrogen) atoms. The van der Waals surface area contributed by atoms with Crippen molar-refractivity contribution in [3.05, 3.63) is 28.8 Å². The van der Waals surface area contributed by atoms with Crippen molar-refractivity contribution < 1.29 is 0 Å². The second-order valence-corrected chi connectivity index (χ2v) is 5.72. The summed E-state index contributed by atoms with van der Waals surface area (Å²) in [4.78, 5) is 2.01. The van der Waals surface area contributed by atoms with Crippen molar-refractivity contribution in [2.75, 3.05) is 18.4 Å². The summed E-state index contributed by atoms with van der Waals surface area (Å²) in [5.41, 5.74) is 1.81. The summed E-state index contributed by atoms with van der Waals surface area (Å²) in [6, 6.07) is 5.68. The highest BCUT2D eigenvalue weighted by Crippen LogP contribution is 2.25. The number of nitrogens with zero attached hydrogens (tertiary/aromatic N) is 1. The Hall–Kier alpha value is -1.33. The zero-order valence-corrected chi connectivity index (χ0v) is 13.1. The van der Waals surface area contributed by atoms with Crippen LogP contribution in [-0.2, 0) is 0 Å². The number of rotatable bonds is 1. The molecule has 1 aliphatic heterocycles. The number of halogens is 1. The van der Waals surface area contributed by atoms with Crippen LogP contribution in [0.15, 0.2) is 18.2 Å². The number of piperidine rings is 1. The van der Waals surface area contributed by atoms with Gasteiger partial charge in [-0.2, -0.15) is 0 Å². The molecule has 108 valence electrons. The maximum absolute atomic E-state index is 8.04. The number of anilines is 1. The molecule has 0 bridgehead atoms. The highest BCUT2D eigenvalue weighted by molar-refractivity contribution is 7.80. The number of para-hydroxylation sites is 1. The van der Waals surface area contributed by atoms with Crippen LogP contribution in [-0.4, -0.2) is 29.1 Å². The molecule has 1 aromatic carbocycles. The van der Waals surface area contributed by atoms with Gasteiger partial charge in [0.25, 0.3) is 0 Å². The first-order chi connectivity index (χ1) is 9.58. The van der Waals surface area contributed by atoms with E-state index in [0.29, 0.717) is 16.1 Å². The van der Waals surface area contributed by atoms with E-state index in [0.717, 1.165) is 37.2 Å². The van der Waals surface area contributed by atoms with Crippen LogP contribution in [0.3, 0.4) is 0 Å². The zero-order valence-electron chi connectivity index (χ0n) is 11.5. The molecule has 4 nitrogen and oxygen atoms in total. The average molecular weight is 311 g/mol. The van der Waals surface area contributed by atoms with Gasteiger partial charge in [-0.15, -0.1) is 0 Å². The zero-order chi connectivity index (χ0) is 14.5. The molecule has 1 saturated heterocycles. The van der Waals surface area contributed by atoms with Crippen LogP contribution in [0.5, 0.6) is 0 Å². The van der Waals surface area contributed by atoms with Crippen molar-refractivity contribution >= 4 is 40.6 Å². The van der Waals surface area contributed by atoms with E-state index >= 15 is 0 Å². The van der Waals surface area contributed by atoms with E-state index in [2.05, 4.69) is 10.6 Å². The Balaban J connectivity index is 1.93. The molecular formula is C14H19ClN4S. The standard InChI is InChI=1S/C14H19ClN4S/c1-10-6-5-7-11(15)12(10)17-14(20)18-13(16)19-8-3-2-4-9-19/h5-7H,2-4,8-9H2,1H3,(H3,16,17,18,20). The van der Waals surface area contributed by atoms with Gasteiger partial charge < -0.3 is 15.5 Å². The number of aryl methyl sites for hydroxylation is 1. The van der Waals surface area contributed by atoms with Gasteiger partial charge in [-0.25, -0.2) is 0 Å². The summed E-state index contributed by atoms with van der Waals surface area (Å²) >= 11 is 11.4. The number of hydrogen-bond acceptors (Lipinski definition) is 2. The monoisotopic (exact) mass is 310 g/mol. The van der Waals surface area contributed by atoms with Gasteiger partial charge in [-0.1, -0.05) is 23.7 Å². The molecule has 0 spiro atoms. The maximum Gasteiger partial charge on any atom is 0.197 e. The quantitative estimate of drug-likeness (QED) is 0.423. The van der Waals surface area contributed by atoms with Gasteiger partial charge in [0.2, 0.25) is 0 Å². The molecule has 1 fully saturated rings. The Morgan fingerprint density at radius 1 is 1.30 bits per heavy atom. The number of likely N-dealkylation sites (tertiary alicyclic amines) is 1. The van der Waals surface area contributed by atoms with Crippen LogP contribution in [0, 0.1) is 12.3 Å². The minimum atomic E-state index is 0.354. The molecule has 0 atom stereocenters. The summed E-state index contributed by atoms with van der Waals surface area (Å²) in [6.07, 6.45) is 3.51. The van der Waals surface area contributed by atoms with Gasteiger partial charge in [0, 0.05) is 13.1 Å². The highest BCUT2D eigenvalue weighted by atomic mass is 35.5. The lowest BCUT2D eigenvalue weighted by molar-refractivity contribution is 0.334. The molecular weight excluding hydrogens is 292 g/mol. The third-order valence-electron chi connectivity index (χ3n) is 3.36. The van der Waals surface area contributed by atoms with Crippen molar-refractivity contribution in [2.24, 2.45) is 0 Å². The van der Waals surface area contributed by atoms with E-state index in [1.807, 2.05) is 30.0 Å². The Labute approximate surface area is 130 Å². The molecule has 1 aliphatic rings. The minimum absolute atomic E-state index is 0.354. The number of nitrogens with one attached hydrogen (secondary N) is 3. The van der Waals surface area contributed by atoms with Gasteiger partial charge in [-0.05, 0) is 50.0 Å². The predicted octanol–water partition coefficient (Wildman–Crippen LogP) is 3.36. The summed E-state index contributed by atoms with van der Waals surface area (Å²) in [6.45, 7) is 3.80. The minimum Gasteiger partial charge on any atom is -0.343 e. The van der Waals surface area contributed by atoms with Gasteiger partial charge in [0.1, 0.15) is 0 Å². The van der Waals surface area contributed by atoms with Crippen molar-refractivity contribution in [1.29, 1.82) is 5.41 Å². The summed E-state index contributed by atoms with van der Waals surface area (Å²) < 4.78 is 0. The van der Waals surface area contributed by atoms with Gasteiger partial charge in [0.05, 0.1) is 10.7 Å². The Morgan fingerprint density at radius 3 is 2.65 bits per heavy atom. The van der Waals surface area contributed by atoms with E-state index < -0.39 is 0 Å². The fourth-order valence-electron chi connectivity index (χ4n) is 2.24. The van der Waals surface area contributed by atoms with E-state index in [-0.39, 0.29) is 0 Å². The molecule has 6 heteroatoms. The Morgan fingerprint density at radius 2 is 2.00 bits per heavy atom. The number of guanidine groups is 1. The van der Waals surface area contributed by atoms with Crippen molar-refractivity contribution in [3.8, 4) is 0 Å². The summed E-state index contributed by atoms with van der Waals surface area (Å²) in [5, 5.41) is 15.1. The van der Waals surface area contributed by atoms with Gasteiger partial charge >= 0.3 is 0 Å². The second-order valence-electron chi connectivity index (χ2n) is 4.91. The molecule has 3 N–H and O–H groups in total. The first-order valence-electron chi connectivity index (χ1n) is 6.74. The first-order valence-corrected chi connectivity index (χ1v) is 7.53. The first kappa shape index (κ1) is 15.1. The summed E-state index contributed by atoms with van der Waals surface area (Å²) in [7, 11) is 0. The molecule has 0 amide bonds.